The Hall–Kier alpha value is -0.350. The van der Waals surface area contributed by atoms with Gasteiger partial charge in [0.2, 0.25) is 0 Å². The van der Waals surface area contributed by atoms with Crippen molar-refractivity contribution in [3.8, 4) is 0 Å². The SMILES string of the molecule is CCCS(=O)(=O)CCC1CCc2ccccc2C1Br. The van der Waals surface area contributed by atoms with Crippen LogP contribution in [0.1, 0.15) is 42.1 Å². The third-order valence-electron chi connectivity index (χ3n) is 3.87. The molecule has 0 amide bonds. The highest BCUT2D eigenvalue weighted by Gasteiger charge is 2.28. The molecule has 0 heterocycles. The topological polar surface area (TPSA) is 34.1 Å². The molecule has 1 aromatic rings. The van der Waals surface area contributed by atoms with Crippen LogP contribution in [0.4, 0.5) is 0 Å². The molecular formula is C15H21BrO2S. The number of aryl methyl sites for hydroxylation is 1. The first-order chi connectivity index (χ1) is 9.03. The van der Waals surface area contributed by atoms with Gasteiger partial charge >= 0.3 is 0 Å². The fraction of sp³-hybridized carbons (Fsp3) is 0.600. The molecule has 1 aliphatic rings. The van der Waals surface area contributed by atoms with Gasteiger partial charge in [-0.1, -0.05) is 47.1 Å². The zero-order valence-electron chi connectivity index (χ0n) is 11.3. The van der Waals surface area contributed by atoms with Crippen LogP contribution in [0.15, 0.2) is 24.3 Å². The highest BCUT2D eigenvalue weighted by molar-refractivity contribution is 9.09. The van der Waals surface area contributed by atoms with Crippen molar-refractivity contribution >= 4 is 25.8 Å². The van der Waals surface area contributed by atoms with Gasteiger partial charge in [0, 0.05) is 10.6 Å². The molecule has 2 nitrogen and oxygen atoms in total. The van der Waals surface area contributed by atoms with Crippen LogP contribution in [0.5, 0.6) is 0 Å². The molecule has 2 atom stereocenters. The Morgan fingerprint density at radius 3 is 2.74 bits per heavy atom. The Labute approximate surface area is 124 Å². The quantitative estimate of drug-likeness (QED) is 0.759. The maximum atomic E-state index is 11.8. The van der Waals surface area contributed by atoms with Crippen LogP contribution >= 0.6 is 15.9 Å². The van der Waals surface area contributed by atoms with Crippen molar-refractivity contribution < 1.29 is 8.42 Å². The standard InChI is InChI=1S/C15H21BrO2S/c1-2-10-19(17,18)11-9-13-8-7-12-5-3-4-6-14(12)15(13)16/h3-6,13,15H,2,7-11H2,1H3. The van der Waals surface area contributed by atoms with Crippen LogP contribution in [0, 0.1) is 5.92 Å². The summed E-state index contributed by atoms with van der Waals surface area (Å²) in [4.78, 5) is 0.300. The molecular weight excluding hydrogens is 324 g/mol. The molecule has 0 saturated heterocycles. The third kappa shape index (κ3) is 3.82. The van der Waals surface area contributed by atoms with Gasteiger partial charge in [0.1, 0.15) is 9.84 Å². The Balaban J connectivity index is 2.01. The van der Waals surface area contributed by atoms with Crippen molar-refractivity contribution in [2.24, 2.45) is 5.92 Å². The van der Waals surface area contributed by atoms with Crippen LogP contribution in [0.2, 0.25) is 0 Å². The molecule has 2 rings (SSSR count). The van der Waals surface area contributed by atoms with E-state index in [1.54, 1.807) is 0 Å². The number of hydrogen-bond acceptors (Lipinski definition) is 2. The Morgan fingerprint density at radius 1 is 1.26 bits per heavy atom. The normalized spacial score (nSPS) is 23.1. The lowest BCUT2D eigenvalue weighted by Crippen LogP contribution is -2.21. The maximum Gasteiger partial charge on any atom is 0.150 e. The van der Waals surface area contributed by atoms with Crippen molar-refractivity contribution in [2.75, 3.05) is 11.5 Å². The van der Waals surface area contributed by atoms with Gasteiger partial charge in [-0.05, 0) is 42.7 Å². The third-order valence-corrected chi connectivity index (χ3v) is 6.99. The fourth-order valence-electron chi connectivity index (χ4n) is 2.81. The van der Waals surface area contributed by atoms with Crippen molar-refractivity contribution in [1.29, 1.82) is 0 Å². The predicted molar refractivity (Wildman–Crippen MR) is 83.5 cm³/mol. The van der Waals surface area contributed by atoms with Gasteiger partial charge in [0.25, 0.3) is 0 Å². The number of halogens is 1. The van der Waals surface area contributed by atoms with Gasteiger partial charge in [-0.2, -0.15) is 0 Å². The Kier molecular flexibility index (Phi) is 5.07. The molecule has 0 bridgehead atoms. The second-order valence-electron chi connectivity index (χ2n) is 5.34. The summed E-state index contributed by atoms with van der Waals surface area (Å²) in [6.07, 6.45) is 3.63. The number of sulfone groups is 1. The summed E-state index contributed by atoms with van der Waals surface area (Å²) in [6.45, 7) is 1.92. The molecule has 0 radical (unpaired) electrons. The molecule has 2 unspecified atom stereocenters. The van der Waals surface area contributed by atoms with E-state index in [1.165, 1.54) is 11.1 Å². The van der Waals surface area contributed by atoms with Crippen molar-refractivity contribution in [1.82, 2.24) is 0 Å². The smallest absolute Gasteiger partial charge is 0.150 e. The molecule has 0 N–H and O–H groups in total. The molecule has 0 aromatic heterocycles. The molecule has 1 aliphatic carbocycles. The summed E-state index contributed by atoms with van der Waals surface area (Å²) < 4.78 is 23.6. The summed E-state index contributed by atoms with van der Waals surface area (Å²) in [5.41, 5.74) is 2.74. The highest BCUT2D eigenvalue weighted by Crippen LogP contribution is 2.42. The van der Waals surface area contributed by atoms with Crippen LogP contribution in [-0.4, -0.2) is 19.9 Å². The summed E-state index contributed by atoms with van der Waals surface area (Å²) in [5, 5.41) is 0. The summed E-state index contributed by atoms with van der Waals surface area (Å²) in [7, 11) is -2.85. The van der Waals surface area contributed by atoms with E-state index in [-0.39, 0.29) is 0 Å². The van der Waals surface area contributed by atoms with Crippen molar-refractivity contribution in [2.45, 2.75) is 37.4 Å². The van der Waals surface area contributed by atoms with E-state index < -0.39 is 9.84 Å². The number of alkyl halides is 1. The number of fused-ring (bicyclic) bond motifs is 1. The maximum absolute atomic E-state index is 11.8. The first kappa shape index (κ1) is 15.0. The zero-order valence-corrected chi connectivity index (χ0v) is 13.7. The summed E-state index contributed by atoms with van der Waals surface area (Å²) >= 11 is 3.77. The minimum atomic E-state index is -2.85. The van der Waals surface area contributed by atoms with Crippen LogP contribution < -0.4 is 0 Å². The largest absolute Gasteiger partial charge is 0.229 e. The summed E-state index contributed by atoms with van der Waals surface area (Å²) in [5.74, 6) is 1.08. The molecule has 0 aliphatic heterocycles. The molecule has 0 fully saturated rings. The fourth-order valence-corrected chi connectivity index (χ4v) is 5.27. The number of benzene rings is 1. The molecule has 0 saturated carbocycles. The lowest BCUT2D eigenvalue weighted by atomic mass is 9.82. The van der Waals surface area contributed by atoms with Gasteiger partial charge in [0.15, 0.2) is 0 Å². The van der Waals surface area contributed by atoms with Crippen LogP contribution in [0.25, 0.3) is 0 Å². The van der Waals surface area contributed by atoms with Crippen molar-refractivity contribution in [3.63, 3.8) is 0 Å². The number of hydrogen-bond donors (Lipinski definition) is 0. The second-order valence-corrected chi connectivity index (χ2v) is 8.63. The second kappa shape index (κ2) is 6.40. The average molecular weight is 345 g/mol. The molecule has 4 heteroatoms. The first-order valence-electron chi connectivity index (χ1n) is 6.96. The van der Waals surface area contributed by atoms with Gasteiger partial charge < -0.3 is 0 Å². The van der Waals surface area contributed by atoms with Gasteiger partial charge in [-0.25, -0.2) is 8.42 Å². The monoisotopic (exact) mass is 344 g/mol. The van der Waals surface area contributed by atoms with Gasteiger partial charge in [-0.15, -0.1) is 0 Å². The predicted octanol–water partition coefficient (Wildman–Crippen LogP) is 3.90. The van der Waals surface area contributed by atoms with E-state index in [2.05, 4.69) is 40.2 Å². The average Bonchev–Trinajstić information content (AvgIpc) is 2.38. The van der Waals surface area contributed by atoms with E-state index in [9.17, 15) is 8.42 Å². The Morgan fingerprint density at radius 2 is 2.00 bits per heavy atom. The van der Waals surface area contributed by atoms with E-state index >= 15 is 0 Å². The minimum Gasteiger partial charge on any atom is -0.229 e. The van der Waals surface area contributed by atoms with Gasteiger partial charge in [-0.3, -0.25) is 0 Å². The highest BCUT2D eigenvalue weighted by atomic mass is 79.9. The Bertz CT molecular complexity index is 525. The zero-order chi connectivity index (χ0) is 13.9. The summed E-state index contributed by atoms with van der Waals surface area (Å²) in [6, 6.07) is 8.46. The molecule has 1 aromatic carbocycles. The van der Waals surface area contributed by atoms with E-state index in [1.807, 2.05) is 6.92 Å². The van der Waals surface area contributed by atoms with E-state index in [4.69, 9.17) is 0 Å². The molecule has 0 spiro atoms. The van der Waals surface area contributed by atoms with Gasteiger partial charge in [0.05, 0.1) is 5.75 Å². The first-order valence-corrected chi connectivity index (χ1v) is 9.69. The molecule has 106 valence electrons. The molecule has 19 heavy (non-hydrogen) atoms. The van der Waals surface area contributed by atoms with Crippen LogP contribution in [-0.2, 0) is 16.3 Å². The lowest BCUT2D eigenvalue weighted by Gasteiger charge is -2.29. The van der Waals surface area contributed by atoms with E-state index in [0.717, 1.165) is 19.3 Å². The van der Waals surface area contributed by atoms with Crippen LogP contribution in [0.3, 0.4) is 0 Å². The lowest BCUT2D eigenvalue weighted by molar-refractivity contribution is 0.440. The van der Waals surface area contributed by atoms with Crippen molar-refractivity contribution in [3.05, 3.63) is 35.4 Å². The number of rotatable bonds is 5. The van der Waals surface area contributed by atoms with E-state index in [0.29, 0.717) is 28.7 Å². The minimum absolute atomic E-state index is 0.300.